The van der Waals surface area contributed by atoms with Crippen molar-refractivity contribution >= 4 is 29.0 Å². The Labute approximate surface area is 167 Å². The number of hydrogen-bond donors (Lipinski definition) is 0. The topological polar surface area (TPSA) is 52.6 Å². The molecule has 0 atom stereocenters. The quantitative estimate of drug-likeness (QED) is 0.441. The van der Waals surface area contributed by atoms with Gasteiger partial charge in [-0.2, -0.15) is 0 Å². The van der Waals surface area contributed by atoms with Crippen LogP contribution in [0, 0.1) is 13.8 Å². The Morgan fingerprint density at radius 2 is 1.89 bits per heavy atom. The second-order valence-electron chi connectivity index (χ2n) is 6.60. The van der Waals surface area contributed by atoms with Gasteiger partial charge in [0.15, 0.2) is 18.1 Å². The molecule has 0 amide bonds. The number of aryl methyl sites for hydroxylation is 2. The molecule has 2 heterocycles. The average molecular weight is 390 g/mol. The second-order valence-corrected chi connectivity index (χ2v) is 7.55. The molecular weight excluding hydrogens is 372 g/mol. The minimum Gasteiger partial charge on any atom is -0.485 e. The van der Waals surface area contributed by atoms with E-state index in [0.717, 1.165) is 16.0 Å². The Morgan fingerprint density at radius 3 is 2.61 bits per heavy atom. The maximum atomic E-state index is 12.7. The molecule has 4 rings (SSSR count). The van der Waals surface area contributed by atoms with Crippen molar-refractivity contribution in [3.05, 3.63) is 86.8 Å². The lowest BCUT2D eigenvalue weighted by Gasteiger charge is -2.08. The van der Waals surface area contributed by atoms with Gasteiger partial charge in [-0.3, -0.25) is 9.59 Å². The number of fused-ring (bicyclic) bond motifs is 1. The molecule has 140 valence electrons. The SMILES string of the molecule is Cc1ccsc1/C=C1\Oc2cc(OCC(=O)c3ccccc3)cc(C)c2C1=O. The second kappa shape index (κ2) is 7.44. The van der Waals surface area contributed by atoms with Gasteiger partial charge in [0.05, 0.1) is 5.56 Å². The normalized spacial score (nSPS) is 14.1. The molecule has 4 nitrogen and oxygen atoms in total. The fourth-order valence-electron chi connectivity index (χ4n) is 3.07. The zero-order valence-corrected chi connectivity index (χ0v) is 16.3. The van der Waals surface area contributed by atoms with E-state index < -0.39 is 0 Å². The van der Waals surface area contributed by atoms with Crippen LogP contribution in [0.1, 0.15) is 36.7 Å². The number of hydrogen-bond acceptors (Lipinski definition) is 5. The Balaban J connectivity index is 1.54. The van der Waals surface area contributed by atoms with Crippen LogP contribution < -0.4 is 9.47 Å². The molecular formula is C23H18O4S. The molecule has 0 fully saturated rings. The smallest absolute Gasteiger partial charge is 0.232 e. The van der Waals surface area contributed by atoms with Crippen LogP contribution in [-0.4, -0.2) is 18.2 Å². The number of ether oxygens (including phenoxy) is 2. The molecule has 0 unspecified atom stereocenters. The van der Waals surface area contributed by atoms with E-state index in [4.69, 9.17) is 9.47 Å². The molecule has 3 aromatic rings. The van der Waals surface area contributed by atoms with E-state index in [1.54, 1.807) is 41.7 Å². The summed E-state index contributed by atoms with van der Waals surface area (Å²) in [6.07, 6.45) is 1.78. The summed E-state index contributed by atoms with van der Waals surface area (Å²) in [7, 11) is 0. The van der Waals surface area contributed by atoms with Gasteiger partial charge in [-0.1, -0.05) is 30.3 Å². The van der Waals surface area contributed by atoms with Crippen LogP contribution in [0.3, 0.4) is 0 Å². The number of benzene rings is 2. The Hall–Kier alpha value is -3.18. The molecule has 5 heteroatoms. The zero-order valence-electron chi connectivity index (χ0n) is 15.5. The molecule has 0 saturated carbocycles. The average Bonchev–Trinajstić information content (AvgIpc) is 3.24. The lowest BCUT2D eigenvalue weighted by atomic mass is 10.0. The van der Waals surface area contributed by atoms with E-state index in [-0.39, 0.29) is 18.2 Å². The standard InChI is InChI=1S/C23H18O4S/c1-14-8-9-28-21(14)12-20-23(25)22-15(2)10-17(11-19(22)27-20)26-13-18(24)16-6-4-3-5-7-16/h3-12H,13H2,1-2H3/b20-12-. The molecule has 0 bridgehead atoms. The fraction of sp³-hybridized carbons (Fsp3) is 0.130. The number of allylic oxidation sites excluding steroid dienone is 1. The summed E-state index contributed by atoms with van der Waals surface area (Å²) in [6, 6.07) is 14.4. The Morgan fingerprint density at radius 1 is 1.11 bits per heavy atom. The molecule has 1 aromatic heterocycles. The molecule has 0 N–H and O–H groups in total. The summed E-state index contributed by atoms with van der Waals surface area (Å²) in [5, 5.41) is 1.98. The highest BCUT2D eigenvalue weighted by Crippen LogP contribution is 2.38. The Kier molecular flexibility index (Phi) is 4.84. The van der Waals surface area contributed by atoms with Crippen molar-refractivity contribution in [3.8, 4) is 11.5 Å². The number of rotatable bonds is 5. The minimum atomic E-state index is -0.132. The number of carbonyl (C=O) groups is 2. The van der Waals surface area contributed by atoms with Crippen LogP contribution in [0.15, 0.2) is 59.7 Å². The van der Waals surface area contributed by atoms with Crippen LogP contribution >= 0.6 is 11.3 Å². The summed E-state index contributed by atoms with van der Waals surface area (Å²) >= 11 is 1.56. The molecule has 1 aliphatic rings. The molecule has 0 spiro atoms. The van der Waals surface area contributed by atoms with Gasteiger partial charge in [0.25, 0.3) is 0 Å². The first kappa shape index (κ1) is 18.2. The van der Waals surface area contributed by atoms with Gasteiger partial charge in [0.2, 0.25) is 5.78 Å². The highest BCUT2D eigenvalue weighted by molar-refractivity contribution is 7.11. The largest absolute Gasteiger partial charge is 0.485 e. The fourth-order valence-corrected chi connectivity index (χ4v) is 3.92. The van der Waals surface area contributed by atoms with Gasteiger partial charge >= 0.3 is 0 Å². The predicted molar refractivity (Wildman–Crippen MR) is 109 cm³/mol. The highest BCUT2D eigenvalue weighted by atomic mass is 32.1. The third kappa shape index (κ3) is 3.49. The Bertz CT molecular complexity index is 1090. The lowest BCUT2D eigenvalue weighted by Crippen LogP contribution is -2.11. The first-order valence-electron chi connectivity index (χ1n) is 8.87. The van der Waals surface area contributed by atoms with Crippen molar-refractivity contribution in [3.63, 3.8) is 0 Å². The van der Waals surface area contributed by atoms with Crippen molar-refractivity contribution in [2.75, 3.05) is 6.61 Å². The molecule has 0 aliphatic carbocycles. The first-order chi connectivity index (χ1) is 13.5. The molecule has 1 aliphatic heterocycles. The maximum absolute atomic E-state index is 12.7. The summed E-state index contributed by atoms with van der Waals surface area (Å²) in [5.41, 5.74) is 3.01. The third-order valence-electron chi connectivity index (χ3n) is 4.57. The minimum absolute atomic E-state index is 0.0761. The van der Waals surface area contributed by atoms with Crippen LogP contribution in [0.4, 0.5) is 0 Å². The molecule has 28 heavy (non-hydrogen) atoms. The summed E-state index contributed by atoms with van der Waals surface area (Å²) in [6.45, 7) is 3.76. The van der Waals surface area contributed by atoms with Crippen LogP contribution in [0.5, 0.6) is 11.5 Å². The van der Waals surface area contributed by atoms with Crippen LogP contribution in [-0.2, 0) is 0 Å². The maximum Gasteiger partial charge on any atom is 0.232 e. The van der Waals surface area contributed by atoms with Crippen molar-refractivity contribution < 1.29 is 19.1 Å². The van der Waals surface area contributed by atoms with Gasteiger partial charge in [-0.05, 0) is 42.5 Å². The van der Waals surface area contributed by atoms with Crippen LogP contribution in [0.2, 0.25) is 0 Å². The van der Waals surface area contributed by atoms with Crippen molar-refractivity contribution in [2.45, 2.75) is 13.8 Å². The molecule has 2 aromatic carbocycles. The number of Topliss-reactive ketones (excluding diaryl/α,β-unsaturated/α-hetero) is 2. The van der Waals surface area contributed by atoms with E-state index in [1.807, 2.05) is 43.5 Å². The molecule has 0 radical (unpaired) electrons. The van der Waals surface area contributed by atoms with E-state index in [1.165, 1.54) is 0 Å². The predicted octanol–water partition coefficient (Wildman–Crippen LogP) is 5.24. The summed E-state index contributed by atoms with van der Waals surface area (Å²) < 4.78 is 11.5. The monoisotopic (exact) mass is 390 g/mol. The van der Waals surface area contributed by atoms with Crippen molar-refractivity contribution in [1.82, 2.24) is 0 Å². The zero-order chi connectivity index (χ0) is 19.7. The summed E-state index contributed by atoms with van der Waals surface area (Å²) in [4.78, 5) is 26.0. The summed E-state index contributed by atoms with van der Waals surface area (Å²) in [5.74, 6) is 1.03. The van der Waals surface area contributed by atoms with Gasteiger partial charge in [-0.25, -0.2) is 0 Å². The number of ketones is 2. The van der Waals surface area contributed by atoms with Gasteiger partial charge in [0, 0.05) is 22.6 Å². The van der Waals surface area contributed by atoms with Crippen molar-refractivity contribution in [1.29, 1.82) is 0 Å². The van der Waals surface area contributed by atoms with E-state index in [9.17, 15) is 9.59 Å². The third-order valence-corrected chi connectivity index (χ3v) is 5.54. The highest BCUT2D eigenvalue weighted by Gasteiger charge is 2.30. The van der Waals surface area contributed by atoms with E-state index >= 15 is 0 Å². The van der Waals surface area contributed by atoms with E-state index in [0.29, 0.717) is 28.4 Å². The van der Waals surface area contributed by atoms with Gasteiger partial charge in [-0.15, -0.1) is 11.3 Å². The van der Waals surface area contributed by atoms with Gasteiger partial charge in [0.1, 0.15) is 11.5 Å². The van der Waals surface area contributed by atoms with E-state index in [2.05, 4.69) is 0 Å². The van der Waals surface area contributed by atoms with Crippen molar-refractivity contribution in [2.24, 2.45) is 0 Å². The lowest BCUT2D eigenvalue weighted by molar-refractivity contribution is 0.0920. The first-order valence-corrected chi connectivity index (χ1v) is 9.75. The van der Waals surface area contributed by atoms with Crippen LogP contribution in [0.25, 0.3) is 6.08 Å². The number of thiophene rings is 1. The molecule has 0 saturated heterocycles. The number of carbonyl (C=O) groups excluding carboxylic acids is 2. The van der Waals surface area contributed by atoms with Gasteiger partial charge < -0.3 is 9.47 Å².